The second-order valence-corrected chi connectivity index (χ2v) is 6.76. The monoisotopic (exact) mass is 329 g/mol. The van der Waals surface area contributed by atoms with Gasteiger partial charge in [-0.25, -0.2) is 0 Å². The lowest BCUT2D eigenvalue weighted by atomic mass is 9.84. The minimum atomic E-state index is -0.489. The molecule has 24 heavy (non-hydrogen) atoms. The average molecular weight is 329 g/mol. The fourth-order valence-corrected chi connectivity index (χ4v) is 2.68. The van der Waals surface area contributed by atoms with Gasteiger partial charge in [0.1, 0.15) is 5.75 Å². The van der Waals surface area contributed by atoms with Crippen LogP contribution in [0.2, 0.25) is 0 Å². The summed E-state index contributed by atoms with van der Waals surface area (Å²) in [5.74, 6) is 0.887. The third-order valence-corrected chi connectivity index (χ3v) is 4.05. The van der Waals surface area contributed by atoms with Crippen molar-refractivity contribution in [3.8, 4) is 5.75 Å². The average Bonchev–Trinajstić information content (AvgIpc) is 2.97. The number of aromatic nitrogens is 2. The molecule has 5 heteroatoms. The maximum Gasteiger partial charge on any atom is 0.225 e. The molecule has 0 spiro atoms. The molecular formula is C19H27N3O2. The van der Waals surface area contributed by atoms with Gasteiger partial charge in [-0.3, -0.25) is 9.48 Å². The maximum atomic E-state index is 12.5. The number of amides is 1. The van der Waals surface area contributed by atoms with E-state index in [9.17, 15) is 4.79 Å². The van der Waals surface area contributed by atoms with E-state index in [1.807, 2.05) is 62.1 Å². The Kier molecular flexibility index (Phi) is 6.01. The number of nitrogens with zero attached hydrogens (tertiary/aromatic N) is 2. The molecule has 0 unspecified atom stereocenters. The van der Waals surface area contributed by atoms with E-state index in [-0.39, 0.29) is 5.91 Å². The van der Waals surface area contributed by atoms with Crippen molar-refractivity contribution in [2.24, 2.45) is 5.41 Å². The molecule has 1 aromatic carbocycles. The van der Waals surface area contributed by atoms with Gasteiger partial charge in [0.25, 0.3) is 0 Å². The van der Waals surface area contributed by atoms with Crippen molar-refractivity contribution in [1.29, 1.82) is 0 Å². The van der Waals surface area contributed by atoms with Gasteiger partial charge in [-0.1, -0.05) is 32.0 Å². The number of methoxy groups -OCH3 is 1. The molecule has 0 fully saturated rings. The topological polar surface area (TPSA) is 56.1 Å². The smallest absolute Gasteiger partial charge is 0.225 e. The highest BCUT2D eigenvalue weighted by Gasteiger charge is 2.28. The molecule has 1 aromatic heterocycles. The number of para-hydroxylation sites is 1. The van der Waals surface area contributed by atoms with Crippen LogP contribution in [0.25, 0.3) is 0 Å². The largest absolute Gasteiger partial charge is 0.496 e. The first-order chi connectivity index (χ1) is 11.4. The molecule has 0 saturated heterocycles. The van der Waals surface area contributed by atoms with Gasteiger partial charge in [-0.05, 0) is 37.0 Å². The third kappa shape index (κ3) is 4.85. The van der Waals surface area contributed by atoms with Gasteiger partial charge in [0, 0.05) is 24.7 Å². The zero-order chi connectivity index (χ0) is 17.6. The van der Waals surface area contributed by atoms with E-state index >= 15 is 0 Å². The lowest BCUT2D eigenvalue weighted by molar-refractivity contribution is -0.129. The Morgan fingerprint density at radius 1 is 1.33 bits per heavy atom. The number of hydrogen-bond acceptors (Lipinski definition) is 3. The van der Waals surface area contributed by atoms with E-state index in [1.165, 1.54) is 0 Å². The Balaban J connectivity index is 1.83. The Hall–Kier alpha value is -2.30. The van der Waals surface area contributed by atoms with E-state index in [0.29, 0.717) is 13.0 Å². The van der Waals surface area contributed by atoms with E-state index in [1.54, 1.807) is 7.11 Å². The van der Waals surface area contributed by atoms with Gasteiger partial charge in [0.05, 0.1) is 13.3 Å². The number of benzene rings is 1. The van der Waals surface area contributed by atoms with Crippen molar-refractivity contribution in [2.75, 3.05) is 13.7 Å². The second kappa shape index (κ2) is 7.99. The second-order valence-electron chi connectivity index (χ2n) is 6.76. The Morgan fingerprint density at radius 2 is 2.08 bits per heavy atom. The Labute approximate surface area is 144 Å². The molecule has 5 nitrogen and oxygen atoms in total. The van der Waals surface area contributed by atoms with Crippen LogP contribution >= 0.6 is 0 Å². The van der Waals surface area contributed by atoms with Gasteiger partial charge >= 0.3 is 0 Å². The van der Waals surface area contributed by atoms with E-state index in [0.717, 1.165) is 29.8 Å². The van der Waals surface area contributed by atoms with Crippen molar-refractivity contribution in [3.63, 3.8) is 0 Å². The summed E-state index contributed by atoms with van der Waals surface area (Å²) >= 11 is 0. The summed E-state index contributed by atoms with van der Waals surface area (Å²) in [7, 11) is 1.66. The lowest BCUT2D eigenvalue weighted by Gasteiger charge is -2.24. The van der Waals surface area contributed by atoms with Crippen molar-refractivity contribution in [2.45, 2.75) is 40.2 Å². The molecule has 2 rings (SSSR count). The molecule has 1 N–H and O–H groups in total. The molecule has 0 saturated carbocycles. The summed E-state index contributed by atoms with van der Waals surface area (Å²) < 4.78 is 7.28. The lowest BCUT2D eigenvalue weighted by Crippen LogP contribution is -2.39. The molecule has 0 atom stereocenters. The number of hydrogen-bond donors (Lipinski definition) is 1. The van der Waals surface area contributed by atoms with Crippen molar-refractivity contribution >= 4 is 5.91 Å². The maximum absolute atomic E-state index is 12.5. The predicted octanol–water partition coefficient (Wildman–Crippen LogP) is 2.98. The van der Waals surface area contributed by atoms with Crippen LogP contribution in [0.15, 0.2) is 36.7 Å². The first-order valence-electron chi connectivity index (χ1n) is 8.31. The zero-order valence-electron chi connectivity index (χ0n) is 15.0. The van der Waals surface area contributed by atoms with Crippen LogP contribution in [0.1, 0.15) is 31.4 Å². The third-order valence-electron chi connectivity index (χ3n) is 4.05. The summed E-state index contributed by atoms with van der Waals surface area (Å²) in [4.78, 5) is 12.5. The number of carbonyl (C=O) groups excluding carboxylic acids is 1. The molecule has 0 aliphatic carbocycles. The molecule has 0 radical (unpaired) electrons. The summed E-state index contributed by atoms with van der Waals surface area (Å²) in [6, 6.07) is 7.84. The van der Waals surface area contributed by atoms with Crippen LogP contribution in [-0.2, 0) is 17.8 Å². The molecule has 130 valence electrons. The van der Waals surface area contributed by atoms with Crippen LogP contribution in [0, 0.1) is 12.3 Å². The minimum absolute atomic E-state index is 0.0602. The molecule has 0 bridgehead atoms. The van der Waals surface area contributed by atoms with E-state index in [4.69, 9.17) is 4.74 Å². The number of rotatable bonds is 8. The van der Waals surface area contributed by atoms with Crippen LogP contribution in [0.4, 0.5) is 0 Å². The molecule has 2 aromatic rings. The highest BCUT2D eigenvalue weighted by Crippen LogP contribution is 2.27. The SMILES string of the molecule is COc1ccccc1CC(C)(C)C(=O)NCCCn1cc(C)cn1. The predicted molar refractivity (Wildman–Crippen MR) is 95.1 cm³/mol. The van der Waals surface area contributed by atoms with E-state index < -0.39 is 5.41 Å². The Morgan fingerprint density at radius 3 is 2.75 bits per heavy atom. The highest BCUT2D eigenvalue weighted by molar-refractivity contribution is 5.82. The van der Waals surface area contributed by atoms with Gasteiger partial charge < -0.3 is 10.1 Å². The van der Waals surface area contributed by atoms with Crippen molar-refractivity contribution in [3.05, 3.63) is 47.8 Å². The van der Waals surface area contributed by atoms with Crippen LogP contribution in [0.5, 0.6) is 5.75 Å². The first kappa shape index (κ1) is 18.0. The normalized spacial score (nSPS) is 11.3. The fraction of sp³-hybridized carbons (Fsp3) is 0.474. The van der Waals surface area contributed by atoms with Gasteiger partial charge in [-0.15, -0.1) is 0 Å². The van der Waals surface area contributed by atoms with Crippen LogP contribution < -0.4 is 10.1 Å². The number of aryl methyl sites for hydroxylation is 2. The zero-order valence-corrected chi connectivity index (χ0v) is 15.0. The van der Waals surface area contributed by atoms with Crippen LogP contribution in [0.3, 0.4) is 0 Å². The van der Waals surface area contributed by atoms with Gasteiger partial charge in [-0.2, -0.15) is 5.10 Å². The van der Waals surface area contributed by atoms with Gasteiger partial charge in [0.15, 0.2) is 0 Å². The van der Waals surface area contributed by atoms with Crippen molar-refractivity contribution < 1.29 is 9.53 Å². The van der Waals surface area contributed by atoms with Gasteiger partial charge in [0.2, 0.25) is 5.91 Å². The number of nitrogens with one attached hydrogen (secondary N) is 1. The van der Waals surface area contributed by atoms with E-state index in [2.05, 4.69) is 10.4 Å². The minimum Gasteiger partial charge on any atom is -0.496 e. The number of carbonyl (C=O) groups is 1. The number of ether oxygens (including phenoxy) is 1. The molecule has 0 aliphatic rings. The quantitative estimate of drug-likeness (QED) is 0.758. The standard InChI is InChI=1S/C19H27N3O2/c1-15-13-21-22(14-15)11-7-10-20-18(23)19(2,3)12-16-8-5-6-9-17(16)24-4/h5-6,8-9,13-14H,7,10-12H2,1-4H3,(H,20,23). The molecular weight excluding hydrogens is 302 g/mol. The Bertz CT molecular complexity index is 677. The summed E-state index contributed by atoms with van der Waals surface area (Å²) in [5, 5.41) is 7.28. The summed E-state index contributed by atoms with van der Waals surface area (Å²) in [5.41, 5.74) is 1.71. The molecule has 1 amide bonds. The summed E-state index contributed by atoms with van der Waals surface area (Å²) in [6.07, 6.45) is 5.35. The van der Waals surface area contributed by atoms with Crippen molar-refractivity contribution in [1.82, 2.24) is 15.1 Å². The highest BCUT2D eigenvalue weighted by atomic mass is 16.5. The summed E-state index contributed by atoms with van der Waals surface area (Å²) in [6.45, 7) is 7.40. The molecule has 0 aliphatic heterocycles. The fourth-order valence-electron chi connectivity index (χ4n) is 2.68. The van der Waals surface area contributed by atoms with Crippen LogP contribution in [-0.4, -0.2) is 29.3 Å². The first-order valence-corrected chi connectivity index (χ1v) is 8.31. The molecule has 1 heterocycles.